The van der Waals surface area contributed by atoms with E-state index >= 15 is 0 Å². The number of hydrogen-bond donors (Lipinski definition) is 2. The number of nitrogens with two attached hydrogens (primary N) is 1. The topological polar surface area (TPSA) is 55.1 Å². The molecule has 0 heterocycles. The maximum atomic E-state index is 14.0. The van der Waals surface area contributed by atoms with Crippen LogP contribution in [0.25, 0.3) is 0 Å². The number of halogens is 3. The number of hydrogen-bond acceptors (Lipinski definition) is 3. The fourth-order valence-electron chi connectivity index (χ4n) is 2.72. The van der Waals surface area contributed by atoms with Gasteiger partial charge in [-0.25, -0.2) is 8.78 Å². The van der Waals surface area contributed by atoms with Crippen molar-refractivity contribution in [3.05, 3.63) is 65.7 Å². The van der Waals surface area contributed by atoms with E-state index in [1.807, 2.05) is 30.3 Å². The number of carbonyl (C=O) groups excluding carboxylic acids is 1. The van der Waals surface area contributed by atoms with E-state index in [2.05, 4.69) is 5.32 Å². The Morgan fingerprint density at radius 3 is 2.46 bits per heavy atom. The predicted molar refractivity (Wildman–Crippen MR) is 102 cm³/mol. The molecule has 2 unspecified atom stereocenters. The standard InChI is InChI=1S/C19H20F2N2OS.ClH/c20-14-8-9-17(15(21)10-14)25-18(13-4-2-1-3-5-13)19(24)23-16(11-22)12-6-7-12;/h1-5,8-10,12,16,18H,6-7,11,22H2,(H,23,24);1H. The molecule has 1 saturated carbocycles. The number of benzene rings is 2. The lowest BCUT2D eigenvalue weighted by Crippen LogP contribution is -2.43. The second-order valence-corrected chi connectivity index (χ2v) is 7.32. The largest absolute Gasteiger partial charge is 0.351 e. The van der Waals surface area contributed by atoms with Gasteiger partial charge >= 0.3 is 0 Å². The van der Waals surface area contributed by atoms with E-state index < -0.39 is 16.9 Å². The lowest BCUT2D eigenvalue weighted by molar-refractivity contribution is -0.121. The molecule has 3 nitrogen and oxygen atoms in total. The first kappa shape index (κ1) is 20.7. The smallest absolute Gasteiger partial charge is 0.238 e. The molecule has 26 heavy (non-hydrogen) atoms. The van der Waals surface area contributed by atoms with Crippen molar-refractivity contribution in [3.8, 4) is 0 Å². The van der Waals surface area contributed by atoms with E-state index in [-0.39, 0.29) is 29.3 Å². The quantitative estimate of drug-likeness (QED) is 0.691. The Kier molecular flexibility index (Phi) is 7.43. The first-order chi connectivity index (χ1) is 12.1. The SMILES string of the molecule is Cl.NCC(NC(=O)C(Sc1ccc(F)cc1F)c1ccccc1)C1CC1. The van der Waals surface area contributed by atoms with Gasteiger partial charge in [-0.1, -0.05) is 30.3 Å². The minimum Gasteiger partial charge on any atom is -0.351 e. The average molecular weight is 399 g/mol. The molecule has 1 aliphatic rings. The summed E-state index contributed by atoms with van der Waals surface area (Å²) in [6, 6.07) is 12.5. The molecular formula is C19H21ClF2N2OS. The highest BCUT2D eigenvalue weighted by molar-refractivity contribution is 8.00. The number of thioether (sulfide) groups is 1. The summed E-state index contributed by atoms with van der Waals surface area (Å²) in [7, 11) is 0. The monoisotopic (exact) mass is 398 g/mol. The van der Waals surface area contributed by atoms with Crippen molar-refractivity contribution in [2.24, 2.45) is 11.7 Å². The lowest BCUT2D eigenvalue weighted by Gasteiger charge is -2.22. The molecule has 3 rings (SSSR count). The van der Waals surface area contributed by atoms with Gasteiger partial charge < -0.3 is 11.1 Å². The van der Waals surface area contributed by atoms with Crippen LogP contribution in [0.5, 0.6) is 0 Å². The third kappa shape index (κ3) is 5.19. The molecule has 1 amide bonds. The summed E-state index contributed by atoms with van der Waals surface area (Å²) < 4.78 is 27.2. The molecule has 0 aliphatic heterocycles. The molecule has 2 atom stereocenters. The minimum atomic E-state index is -0.670. The summed E-state index contributed by atoms with van der Waals surface area (Å²) in [6.07, 6.45) is 2.13. The van der Waals surface area contributed by atoms with Crippen molar-refractivity contribution in [1.82, 2.24) is 5.32 Å². The van der Waals surface area contributed by atoms with Crippen LogP contribution in [0, 0.1) is 17.6 Å². The van der Waals surface area contributed by atoms with Crippen molar-refractivity contribution in [1.29, 1.82) is 0 Å². The molecule has 140 valence electrons. The van der Waals surface area contributed by atoms with E-state index in [9.17, 15) is 13.6 Å². The van der Waals surface area contributed by atoms with Crippen LogP contribution in [0.15, 0.2) is 53.4 Å². The summed E-state index contributed by atoms with van der Waals surface area (Å²) in [5, 5.41) is 2.37. The van der Waals surface area contributed by atoms with Gasteiger partial charge in [0.2, 0.25) is 5.91 Å². The molecular weight excluding hydrogens is 378 g/mol. The van der Waals surface area contributed by atoms with Crippen LogP contribution in [0.1, 0.15) is 23.7 Å². The van der Waals surface area contributed by atoms with Crippen molar-refractivity contribution in [2.45, 2.75) is 29.0 Å². The minimum absolute atomic E-state index is 0. The summed E-state index contributed by atoms with van der Waals surface area (Å²) >= 11 is 1.08. The second kappa shape index (κ2) is 9.35. The molecule has 2 aromatic carbocycles. The van der Waals surface area contributed by atoms with Gasteiger partial charge in [0.15, 0.2) is 0 Å². The summed E-state index contributed by atoms with van der Waals surface area (Å²) in [5.74, 6) is -1.09. The van der Waals surface area contributed by atoms with Gasteiger partial charge in [0, 0.05) is 23.5 Å². The summed E-state index contributed by atoms with van der Waals surface area (Å²) in [5.41, 5.74) is 6.54. The number of carbonyl (C=O) groups is 1. The molecule has 3 N–H and O–H groups in total. The number of nitrogens with one attached hydrogen (secondary N) is 1. The number of amides is 1. The van der Waals surface area contributed by atoms with Gasteiger partial charge in [0.1, 0.15) is 16.9 Å². The highest BCUT2D eigenvalue weighted by Crippen LogP contribution is 2.38. The van der Waals surface area contributed by atoms with Gasteiger partial charge in [-0.05, 0) is 36.5 Å². The number of rotatable bonds is 7. The van der Waals surface area contributed by atoms with Crippen LogP contribution in [-0.2, 0) is 4.79 Å². The molecule has 0 bridgehead atoms. The van der Waals surface area contributed by atoms with Gasteiger partial charge in [-0.15, -0.1) is 24.2 Å². The van der Waals surface area contributed by atoms with E-state index in [1.54, 1.807) is 0 Å². The van der Waals surface area contributed by atoms with Gasteiger partial charge in [0.05, 0.1) is 0 Å². The Hall–Kier alpha value is -1.63. The van der Waals surface area contributed by atoms with Crippen LogP contribution >= 0.6 is 24.2 Å². The zero-order valence-corrected chi connectivity index (χ0v) is 15.7. The molecule has 1 aliphatic carbocycles. The fraction of sp³-hybridized carbons (Fsp3) is 0.316. The Morgan fingerprint density at radius 2 is 1.88 bits per heavy atom. The Balaban J connectivity index is 0.00000243. The van der Waals surface area contributed by atoms with Crippen molar-refractivity contribution in [2.75, 3.05) is 6.54 Å². The molecule has 0 aromatic heterocycles. The van der Waals surface area contributed by atoms with Crippen LogP contribution in [0.4, 0.5) is 8.78 Å². The lowest BCUT2D eigenvalue weighted by atomic mass is 10.1. The Labute approximate surface area is 162 Å². The van der Waals surface area contributed by atoms with Crippen LogP contribution in [0.3, 0.4) is 0 Å². The van der Waals surface area contributed by atoms with Crippen LogP contribution < -0.4 is 11.1 Å². The summed E-state index contributed by atoms with van der Waals surface area (Å²) in [4.78, 5) is 13.1. The van der Waals surface area contributed by atoms with Crippen molar-refractivity contribution >= 4 is 30.1 Å². The van der Waals surface area contributed by atoms with E-state index in [0.29, 0.717) is 12.5 Å². The third-order valence-corrected chi connectivity index (χ3v) is 5.56. The second-order valence-electron chi connectivity index (χ2n) is 6.17. The Morgan fingerprint density at radius 1 is 1.19 bits per heavy atom. The normalized spacial score (nSPS) is 15.7. The molecule has 1 fully saturated rings. The maximum Gasteiger partial charge on any atom is 0.238 e. The van der Waals surface area contributed by atoms with Crippen molar-refractivity contribution < 1.29 is 13.6 Å². The predicted octanol–water partition coefficient (Wildman–Crippen LogP) is 4.07. The summed E-state index contributed by atoms with van der Waals surface area (Å²) in [6.45, 7) is 0.382. The van der Waals surface area contributed by atoms with E-state index in [1.165, 1.54) is 12.1 Å². The highest BCUT2D eigenvalue weighted by Gasteiger charge is 2.33. The molecule has 0 radical (unpaired) electrons. The van der Waals surface area contributed by atoms with Gasteiger partial charge in [-0.2, -0.15) is 0 Å². The first-order valence-corrected chi connectivity index (χ1v) is 9.13. The average Bonchev–Trinajstić information content (AvgIpc) is 3.44. The first-order valence-electron chi connectivity index (χ1n) is 8.25. The van der Waals surface area contributed by atoms with E-state index in [4.69, 9.17) is 5.73 Å². The maximum absolute atomic E-state index is 14.0. The molecule has 2 aromatic rings. The zero-order chi connectivity index (χ0) is 17.8. The molecule has 0 saturated heterocycles. The molecule has 7 heteroatoms. The highest BCUT2D eigenvalue weighted by atomic mass is 35.5. The fourth-order valence-corrected chi connectivity index (χ4v) is 3.77. The van der Waals surface area contributed by atoms with Crippen LogP contribution in [-0.4, -0.2) is 18.5 Å². The Bertz CT molecular complexity index is 744. The molecule has 0 spiro atoms. The third-order valence-electron chi connectivity index (χ3n) is 4.25. The van der Waals surface area contributed by atoms with Gasteiger partial charge in [-0.3, -0.25) is 4.79 Å². The van der Waals surface area contributed by atoms with Gasteiger partial charge in [0.25, 0.3) is 0 Å². The van der Waals surface area contributed by atoms with Crippen LogP contribution in [0.2, 0.25) is 0 Å². The zero-order valence-electron chi connectivity index (χ0n) is 14.0. The van der Waals surface area contributed by atoms with Crippen molar-refractivity contribution in [3.63, 3.8) is 0 Å². The van der Waals surface area contributed by atoms with E-state index in [0.717, 1.165) is 36.2 Å².